The van der Waals surface area contributed by atoms with Crippen LogP contribution < -0.4 is 0 Å². The van der Waals surface area contributed by atoms with E-state index >= 15 is 0 Å². The molecule has 2 aliphatic heterocycles. The smallest absolute Gasteiger partial charge is 0.228 e. The van der Waals surface area contributed by atoms with Crippen LogP contribution in [0.5, 0.6) is 0 Å². The number of nitrogens with zero attached hydrogens (tertiary/aromatic N) is 2. The van der Waals surface area contributed by atoms with Crippen molar-refractivity contribution in [3.05, 3.63) is 30.1 Å². The molecule has 0 radical (unpaired) electrons. The fourth-order valence-electron chi connectivity index (χ4n) is 3.97. The molecule has 0 bridgehead atoms. The van der Waals surface area contributed by atoms with Crippen LogP contribution in [0.15, 0.2) is 24.5 Å². The summed E-state index contributed by atoms with van der Waals surface area (Å²) in [6.45, 7) is 6.16. The number of aliphatic hydroxyl groups is 1. The molecular formula is C19H28N2O3. The van der Waals surface area contributed by atoms with Crippen LogP contribution in [0, 0.1) is 11.8 Å². The number of likely N-dealkylation sites (tertiary alicyclic amines) is 1. The molecule has 1 N–H and O–H groups in total. The predicted molar refractivity (Wildman–Crippen MR) is 91.4 cm³/mol. The van der Waals surface area contributed by atoms with E-state index in [1.54, 1.807) is 12.4 Å². The summed E-state index contributed by atoms with van der Waals surface area (Å²) in [5, 5.41) is 10.8. The summed E-state index contributed by atoms with van der Waals surface area (Å²) in [5.41, 5.74) is 0.373. The monoisotopic (exact) mass is 332 g/mol. The normalized spacial score (nSPS) is 26.8. The van der Waals surface area contributed by atoms with Crippen molar-refractivity contribution < 1.29 is 14.6 Å². The first-order chi connectivity index (χ1) is 11.5. The Hall–Kier alpha value is -1.46. The molecular weight excluding hydrogens is 304 g/mol. The van der Waals surface area contributed by atoms with Gasteiger partial charge in [0.15, 0.2) is 0 Å². The largest absolute Gasteiger partial charge is 0.389 e. The summed E-state index contributed by atoms with van der Waals surface area (Å²) >= 11 is 0. The first-order valence-corrected chi connectivity index (χ1v) is 9.00. The summed E-state index contributed by atoms with van der Waals surface area (Å²) in [7, 11) is 0. The molecule has 1 aromatic rings. The second kappa shape index (κ2) is 7.19. The minimum atomic E-state index is -0.720. The summed E-state index contributed by atoms with van der Waals surface area (Å²) in [5.74, 6) is 0.545. The quantitative estimate of drug-likeness (QED) is 0.916. The van der Waals surface area contributed by atoms with Crippen LogP contribution in [-0.4, -0.2) is 52.3 Å². The molecule has 1 aromatic heterocycles. The molecule has 5 nitrogen and oxygen atoms in total. The Bertz CT molecular complexity index is 553. The van der Waals surface area contributed by atoms with E-state index in [1.807, 2.05) is 17.0 Å². The van der Waals surface area contributed by atoms with Gasteiger partial charge in [0, 0.05) is 38.5 Å². The number of aromatic nitrogens is 1. The van der Waals surface area contributed by atoms with E-state index in [2.05, 4.69) is 18.8 Å². The Balaban J connectivity index is 1.57. The Morgan fingerprint density at radius 1 is 1.38 bits per heavy atom. The maximum Gasteiger partial charge on any atom is 0.228 e. The fourth-order valence-corrected chi connectivity index (χ4v) is 3.97. The van der Waals surface area contributed by atoms with Crippen molar-refractivity contribution >= 4 is 5.91 Å². The van der Waals surface area contributed by atoms with Crippen LogP contribution in [0.1, 0.15) is 38.7 Å². The van der Waals surface area contributed by atoms with Gasteiger partial charge >= 0.3 is 0 Å². The highest BCUT2D eigenvalue weighted by molar-refractivity contribution is 5.80. The number of rotatable bonds is 4. The van der Waals surface area contributed by atoms with Gasteiger partial charge in [-0.25, -0.2) is 0 Å². The molecule has 2 atom stereocenters. The molecule has 2 aliphatic rings. The first kappa shape index (κ1) is 17.4. The summed E-state index contributed by atoms with van der Waals surface area (Å²) < 4.78 is 5.76. The zero-order valence-electron chi connectivity index (χ0n) is 14.6. The average molecular weight is 332 g/mol. The molecule has 0 saturated carbocycles. The standard InChI is InChI=1S/C19H28N2O3/c1-14(2)17-16(5-12-24-17)18(22)21-10-6-19(23,7-11-21)13-15-3-8-20-9-4-15/h3-4,8-9,14,16-17,23H,5-7,10-13H2,1-2H3. The second-order valence-corrected chi connectivity index (χ2v) is 7.56. The van der Waals surface area contributed by atoms with Gasteiger partial charge in [0.05, 0.1) is 17.6 Å². The molecule has 5 heteroatoms. The highest BCUT2D eigenvalue weighted by atomic mass is 16.5. The van der Waals surface area contributed by atoms with E-state index in [-0.39, 0.29) is 17.9 Å². The maximum absolute atomic E-state index is 12.8. The zero-order valence-corrected chi connectivity index (χ0v) is 14.6. The Kier molecular flexibility index (Phi) is 5.21. The highest BCUT2D eigenvalue weighted by Gasteiger charge is 2.41. The van der Waals surface area contributed by atoms with E-state index in [1.165, 1.54) is 0 Å². The van der Waals surface area contributed by atoms with Crippen LogP contribution in [0.25, 0.3) is 0 Å². The molecule has 2 saturated heterocycles. The number of amides is 1. The topological polar surface area (TPSA) is 62.7 Å². The van der Waals surface area contributed by atoms with Crippen LogP contribution in [-0.2, 0) is 16.0 Å². The molecule has 24 heavy (non-hydrogen) atoms. The van der Waals surface area contributed by atoms with Gasteiger partial charge in [-0.3, -0.25) is 9.78 Å². The number of ether oxygens (including phenoxy) is 1. The third kappa shape index (κ3) is 3.78. The van der Waals surface area contributed by atoms with Crippen molar-refractivity contribution in [1.82, 2.24) is 9.88 Å². The van der Waals surface area contributed by atoms with E-state index in [0.29, 0.717) is 44.9 Å². The maximum atomic E-state index is 12.8. The summed E-state index contributed by atoms with van der Waals surface area (Å²) in [6.07, 6.45) is 6.24. The molecule has 2 unspecified atom stereocenters. The molecule has 0 aromatic carbocycles. The first-order valence-electron chi connectivity index (χ1n) is 9.00. The van der Waals surface area contributed by atoms with Crippen molar-refractivity contribution in [3.63, 3.8) is 0 Å². The van der Waals surface area contributed by atoms with Crippen molar-refractivity contribution in [2.24, 2.45) is 11.8 Å². The number of carbonyl (C=O) groups is 1. The SMILES string of the molecule is CC(C)C1OCCC1C(=O)N1CCC(O)(Cc2ccncc2)CC1. The highest BCUT2D eigenvalue weighted by Crippen LogP contribution is 2.31. The molecule has 3 heterocycles. The average Bonchev–Trinajstić information content (AvgIpc) is 3.05. The molecule has 0 spiro atoms. The van der Waals surface area contributed by atoms with Crippen LogP contribution in [0.2, 0.25) is 0 Å². The van der Waals surface area contributed by atoms with Gasteiger partial charge in [-0.05, 0) is 42.9 Å². The van der Waals surface area contributed by atoms with Crippen molar-refractivity contribution in [2.75, 3.05) is 19.7 Å². The van der Waals surface area contributed by atoms with Gasteiger partial charge in [0.1, 0.15) is 0 Å². The predicted octanol–water partition coefficient (Wildman–Crippen LogP) is 2.04. The minimum Gasteiger partial charge on any atom is -0.389 e. The summed E-state index contributed by atoms with van der Waals surface area (Å²) in [4.78, 5) is 18.8. The van der Waals surface area contributed by atoms with Crippen LogP contribution in [0.3, 0.4) is 0 Å². The number of hydrogen-bond donors (Lipinski definition) is 1. The zero-order chi connectivity index (χ0) is 17.2. The molecule has 2 fully saturated rings. The van der Waals surface area contributed by atoms with Crippen LogP contribution >= 0.6 is 0 Å². The lowest BCUT2D eigenvalue weighted by Crippen LogP contribution is -2.50. The number of pyridine rings is 1. The van der Waals surface area contributed by atoms with Gasteiger partial charge in [-0.15, -0.1) is 0 Å². The van der Waals surface area contributed by atoms with Crippen molar-refractivity contribution in [3.8, 4) is 0 Å². The molecule has 3 rings (SSSR count). The van der Waals surface area contributed by atoms with E-state index in [4.69, 9.17) is 4.74 Å². The Morgan fingerprint density at radius 2 is 2.04 bits per heavy atom. The van der Waals surface area contributed by atoms with Crippen molar-refractivity contribution in [2.45, 2.75) is 51.2 Å². The lowest BCUT2D eigenvalue weighted by atomic mass is 9.84. The Morgan fingerprint density at radius 3 is 2.67 bits per heavy atom. The third-order valence-corrected chi connectivity index (χ3v) is 5.40. The second-order valence-electron chi connectivity index (χ2n) is 7.56. The van der Waals surface area contributed by atoms with E-state index in [0.717, 1.165) is 12.0 Å². The van der Waals surface area contributed by atoms with Gasteiger partial charge in [-0.1, -0.05) is 13.8 Å². The van der Waals surface area contributed by atoms with Gasteiger partial charge < -0.3 is 14.7 Å². The van der Waals surface area contributed by atoms with Crippen molar-refractivity contribution in [1.29, 1.82) is 0 Å². The van der Waals surface area contributed by atoms with Gasteiger partial charge in [-0.2, -0.15) is 0 Å². The molecule has 132 valence electrons. The van der Waals surface area contributed by atoms with Crippen LogP contribution in [0.4, 0.5) is 0 Å². The van der Waals surface area contributed by atoms with Gasteiger partial charge in [0.2, 0.25) is 5.91 Å². The molecule has 1 amide bonds. The number of carbonyl (C=O) groups excluding carboxylic acids is 1. The fraction of sp³-hybridized carbons (Fsp3) is 0.684. The van der Waals surface area contributed by atoms with E-state index < -0.39 is 5.60 Å². The third-order valence-electron chi connectivity index (χ3n) is 5.40. The lowest BCUT2D eigenvalue weighted by Gasteiger charge is -2.39. The Labute approximate surface area is 144 Å². The number of piperidine rings is 1. The lowest BCUT2D eigenvalue weighted by molar-refractivity contribution is -0.142. The minimum absolute atomic E-state index is 0.0172. The number of hydrogen-bond acceptors (Lipinski definition) is 4. The van der Waals surface area contributed by atoms with E-state index in [9.17, 15) is 9.90 Å². The van der Waals surface area contributed by atoms with Gasteiger partial charge in [0.25, 0.3) is 0 Å². The summed E-state index contributed by atoms with van der Waals surface area (Å²) in [6, 6.07) is 3.89. The molecule has 0 aliphatic carbocycles.